The minimum Gasteiger partial charge on any atom is -0.391 e. The first-order chi connectivity index (χ1) is 34.0. The van der Waals surface area contributed by atoms with Crippen molar-refractivity contribution in [2.24, 2.45) is 0 Å². The fourth-order valence-electron chi connectivity index (χ4n) is 7.63. The summed E-state index contributed by atoms with van der Waals surface area (Å²) in [6, 6.07) is -0.787. The van der Waals surface area contributed by atoms with Crippen LogP contribution in [0.1, 0.15) is 219 Å². The summed E-state index contributed by atoms with van der Waals surface area (Å²) in [7, 11) is 1.58. The van der Waals surface area contributed by atoms with Gasteiger partial charge in [-0.05, 0) is 83.5 Å². The van der Waals surface area contributed by atoms with Crippen LogP contribution in [-0.2, 0) is 18.4 Å². The van der Waals surface area contributed by atoms with Gasteiger partial charge in [-0.15, -0.1) is 0 Å². The van der Waals surface area contributed by atoms with Crippen LogP contribution in [0, 0.1) is 0 Å². The molecule has 0 aliphatic heterocycles. The zero-order valence-electron chi connectivity index (χ0n) is 45.7. The van der Waals surface area contributed by atoms with E-state index in [1.54, 1.807) is 0 Å². The fraction of sp³-hybridized carbons (Fsp3) is 0.689. The number of carbonyl (C=O) groups excluding carboxylic acids is 1. The summed E-state index contributed by atoms with van der Waals surface area (Å²) < 4.78 is 23.7. The molecule has 0 radical (unpaired) electrons. The van der Waals surface area contributed by atoms with Crippen molar-refractivity contribution in [3.63, 3.8) is 0 Å². The van der Waals surface area contributed by atoms with Gasteiger partial charge < -0.3 is 19.8 Å². The quantitative estimate of drug-likeness (QED) is 0.0243. The van der Waals surface area contributed by atoms with Gasteiger partial charge in [-0.2, -0.15) is 0 Å². The lowest BCUT2D eigenvalue weighted by Gasteiger charge is -2.26. The van der Waals surface area contributed by atoms with Gasteiger partial charge in [-0.1, -0.05) is 239 Å². The minimum atomic E-state index is -4.34. The second kappa shape index (κ2) is 51.1. The number of carbonyl (C=O) groups is 1. The Balaban J connectivity index is 4.30. The van der Waals surface area contributed by atoms with Crippen LogP contribution in [0.4, 0.5) is 0 Å². The zero-order chi connectivity index (χ0) is 51.3. The number of phosphoric ester groups is 1. The number of phosphoric acid groups is 1. The van der Waals surface area contributed by atoms with Crippen molar-refractivity contribution in [1.82, 2.24) is 5.32 Å². The molecule has 1 amide bonds. The van der Waals surface area contributed by atoms with Crippen molar-refractivity contribution in [3.8, 4) is 0 Å². The topological polar surface area (TPSA) is 105 Å². The summed E-state index contributed by atoms with van der Waals surface area (Å²) in [6.45, 7) is 4.74. The summed E-state index contributed by atoms with van der Waals surface area (Å²) in [5.74, 6) is -0.180. The second-order valence-corrected chi connectivity index (χ2v) is 21.4. The lowest BCUT2D eigenvalue weighted by molar-refractivity contribution is -0.870. The van der Waals surface area contributed by atoms with Gasteiger partial charge in [0.1, 0.15) is 13.2 Å². The van der Waals surface area contributed by atoms with Crippen LogP contribution in [0.3, 0.4) is 0 Å². The highest BCUT2D eigenvalue weighted by molar-refractivity contribution is 7.47. The lowest BCUT2D eigenvalue weighted by atomic mass is 10.0. The van der Waals surface area contributed by atoms with Gasteiger partial charge in [-0.3, -0.25) is 13.8 Å². The highest BCUT2D eigenvalue weighted by Crippen LogP contribution is 2.43. The Labute approximate surface area is 431 Å². The van der Waals surface area contributed by atoms with E-state index in [-0.39, 0.29) is 19.1 Å². The normalized spacial score (nSPS) is 14.8. The summed E-state index contributed by atoms with van der Waals surface area (Å²) in [4.78, 5) is 23.3. The minimum absolute atomic E-state index is 0.0619. The Morgan fingerprint density at radius 3 is 1.24 bits per heavy atom. The van der Waals surface area contributed by atoms with Crippen LogP contribution >= 0.6 is 7.82 Å². The lowest BCUT2D eigenvalue weighted by Crippen LogP contribution is -2.46. The molecular formula is C61H108N2O6P+. The van der Waals surface area contributed by atoms with E-state index in [0.717, 1.165) is 103 Å². The summed E-state index contributed by atoms with van der Waals surface area (Å²) in [5, 5.41) is 14.0. The van der Waals surface area contributed by atoms with Gasteiger partial charge >= 0.3 is 7.82 Å². The molecule has 0 aliphatic rings. The van der Waals surface area contributed by atoms with Gasteiger partial charge in [0, 0.05) is 6.42 Å². The number of amides is 1. The third-order valence-corrected chi connectivity index (χ3v) is 13.0. The SMILES string of the molecule is CC/C=C\C/C=C\C/C=C\C/C=C\C/C=C\C/C=C\C/C=C\C/C=C\C/C=C\CCCCCC(=O)NC(COP(=O)(O)OCC[N+](C)(C)C)C(O)CCCCCCCCCCCCCCCCCCC. The zero-order valence-corrected chi connectivity index (χ0v) is 46.6. The van der Waals surface area contributed by atoms with Gasteiger partial charge in [0.05, 0.1) is 39.9 Å². The number of allylic oxidation sites excluding steroid dienone is 18. The van der Waals surface area contributed by atoms with Gasteiger partial charge in [0.2, 0.25) is 5.91 Å². The predicted molar refractivity (Wildman–Crippen MR) is 304 cm³/mol. The van der Waals surface area contributed by atoms with Gasteiger partial charge in [-0.25, -0.2) is 4.57 Å². The Hall–Kier alpha value is -2.84. The first-order valence-corrected chi connectivity index (χ1v) is 29.7. The standard InChI is InChI=1S/C61H107N2O6P/c1-6-8-10-12-14-16-18-20-22-24-25-26-27-28-29-30-31-32-33-34-35-36-37-39-41-43-45-47-49-51-53-55-61(65)62-59(58-69-70(66,67)68-57-56-63(3,4)5)60(64)54-52-50-48-46-44-42-40-38-23-21-19-17-15-13-11-9-7-2/h8,10,14,16,20,22,25-26,28-29,31-32,34-35,37,39,43,45,59-60,64H,6-7,9,11-13,15,17-19,21,23-24,27,30,33,36,38,40-42,44,46-58H2,1-5H3,(H-,62,65,66,67)/p+1/b10-8-,16-14-,22-20-,26-25-,29-28-,32-31-,35-34-,39-37-,45-43-. The first kappa shape index (κ1) is 67.2. The predicted octanol–water partition coefficient (Wildman–Crippen LogP) is 17.2. The molecule has 0 heterocycles. The highest BCUT2D eigenvalue weighted by atomic mass is 31.2. The van der Waals surface area contributed by atoms with Crippen LogP contribution < -0.4 is 5.32 Å². The van der Waals surface area contributed by atoms with Crippen molar-refractivity contribution in [3.05, 3.63) is 109 Å². The molecule has 0 aromatic rings. The molecular weight excluding hydrogens is 888 g/mol. The Bertz CT molecular complexity index is 1500. The highest BCUT2D eigenvalue weighted by Gasteiger charge is 2.28. The molecule has 0 saturated carbocycles. The number of nitrogens with zero attached hydrogens (tertiary/aromatic N) is 1. The van der Waals surface area contributed by atoms with Crippen LogP contribution in [0.5, 0.6) is 0 Å². The molecule has 0 aromatic carbocycles. The van der Waals surface area contributed by atoms with E-state index in [1.807, 2.05) is 21.1 Å². The molecule has 70 heavy (non-hydrogen) atoms. The Kier molecular flexibility index (Phi) is 49.0. The largest absolute Gasteiger partial charge is 0.472 e. The maximum absolute atomic E-state index is 13.0. The molecule has 0 aromatic heterocycles. The van der Waals surface area contributed by atoms with Crippen LogP contribution in [0.15, 0.2) is 109 Å². The molecule has 9 heteroatoms. The second-order valence-electron chi connectivity index (χ2n) is 19.9. The number of likely N-dealkylation sites (N-methyl/N-ethyl adjacent to an activating group) is 1. The number of unbranched alkanes of at least 4 members (excludes halogenated alkanes) is 19. The molecule has 402 valence electrons. The summed E-state index contributed by atoms with van der Waals surface area (Å²) in [5.41, 5.74) is 0. The molecule has 0 rings (SSSR count). The van der Waals surface area contributed by atoms with Crippen LogP contribution in [0.2, 0.25) is 0 Å². The van der Waals surface area contributed by atoms with Gasteiger partial charge in [0.25, 0.3) is 0 Å². The van der Waals surface area contributed by atoms with Crippen molar-refractivity contribution in [2.75, 3.05) is 40.9 Å². The van der Waals surface area contributed by atoms with Crippen molar-refractivity contribution >= 4 is 13.7 Å². The molecule has 0 spiro atoms. The number of aliphatic hydroxyl groups excluding tert-OH is 1. The van der Waals surface area contributed by atoms with Crippen molar-refractivity contribution < 1.29 is 32.9 Å². The van der Waals surface area contributed by atoms with Gasteiger partial charge in [0.15, 0.2) is 0 Å². The van der Waals surface area contributed by atoms with E-state index in [4.69, 9.17) is 9.05 Å². The van der Waals surface area contributed by atoms with Crippen molar-refractivity contribution in [2.45, 2.75) is 231 Å². The molecule has 3 unspecified atom stereocenters. The number of hydrogen-bond donors (Lipinski definition) is 3. The Morgan fingerprint density at radius 2 is 0.857 bits per heavy atom. The van der Waals surface area contributed by atoms with E-state index in [1.165, 1.54) is 89.9 Å². The van der Waals surface area contributed by atoms with E-state index >= 15 is 0 Å². The first-order valence-electron chi connectivity index (χ1n) is 28.3. The summed E-state index contributed by atoms with van der Waals surface area (Å²) in [6.07, 6.45) is 74.2. The van der Waals surface area contributed by atoms with E-state index in [9.17, 15) is 19.4 Å². The number of rotatable bonds is 50. The third kappa shape index (κ3) is 53.0. The average molecular weight is 997 g/mol. The van der Waals surface area contributed by atoms with Crippen LogP contribution in [-0.4, -0.2) is 73.4 Å². The molecule has 0 aliphatic carbocycles. The maximum atomic E-state index is 13.0. The number of quaternary nitrogens is 1. The maximum Gasteiger partial charge on any atom is 0.472 e. The Morgan fingerprint density at radius 1 is 0.500 bits per heavy atom. The van der Waals surface area contributed by atoms with Crippen molar-refractivity contribution in [1.29, 1.82) is 0 Å². The average Bonchev–Trinajstić information content (AvgIpc) is 3.32. The fourth-order valence-corrected chi connectivity index (χ4v) is 8.36. The molecule has 0 bridgehead atoms. The molecule has 8 nitrogen and oxygen atoms in total. The molecule has 0 fully saturated rings. The number of nitrogens with one attached hydrogen (secondary N) is 1. The third-order valence-electron chi connectivity index (χ3n) is 12.0. The van der Waals surface area contributed by atoms with E-state index in [0.29, 0.717) is 23.9 Å². The van der Waals surface area contributed by atoms with E-state index in [2.05, 4.69) is 129 Å². The number of aliphatic hydroxyl groups is 1. The smallest absolute Gasteiger partial charge is 0.391 e. The van der Waals surface area contributed by atoms with Crippen LogP contribution in [0.25, 0.3) is 0 Å². The number of hydrogen-bond acceptors (Lipinski definition) is 5. The molecule has 3 atom stereocenters. The van der Waals surface area contributed by atoms with E-state index < -0.39 is 20.0 Å². The monoisotopic (exact) mass is 996 g/mol. The molecule has 0 saturated heterocycles. The molecule has 3 N–H and O–H groups in total. The summed E-state index contributed by atoms with van der Waals surface area (Å²) >= 11 is 0.